The van der Waals surface area contributed by atoms with Crippen LogP contribution in [-0.2, 0) is 4.79 Å². The summed E-state index contributed by atoms with van der Waals surface area (Å²) < 4.78 is 0. The summed E-state index contributed by atoms with van der Waals surface area (Å²) in [5.41, 5.74) is 7.94. The lowest BCUT2D eigenvalue weighted by Gasteiger charge is -2.23. The lowest BCUT2D eigenvalue weighted by Crippen LogP contribution is -2.41. The molecule has 0 aliphatic carbocycles. The fourth-order valence-corrected chi connectivity index (χ4v) is 2.31. The molecular formula is C14H21N3O3. The molecule has 1 aliphatic rings. The summed E-state index contributed by atoms with van der Waals surface area (Å²) in [6.07, 6.45) is -1.58. The van der Waals surface area contributed by atoms with Gasteiger partial charge in [0.05, 0.1) is 18.2 Å². The van der Waals surface area contributed by atoms with Crippen LogP contribution in [0.4, 0.5) is 11.4 Å². The molecule has 0 saturated carbocycles. The van der Waals surface area contributed by atoms with Crippen LogP contribution in [0.3, 0.4) is 0 Å². The van der Waals surface area contributed by atoms with Crippen LogP contribution in [0.5, 0.6) is 0 Å². The van der Waals surface area contributed by atoms with E-state index in [2.05, 4.69) is 5.32 Å². The molecule has 1 aliphatic heterocycles. The molecule has 20 heavy (non-hydrogen) atoms. The van der Waals surface area contributed by atoms with Crippen LogP contribution >= 0.6 is 0 Å². The number of rotatable bonds is 3. The molecule has 2 rings (SSSR count). The maximum Gasteiger partial charge on any atom is 0.241 e. The van der Waals surface area contributed by atoms with Crippen molar-refractivity contribution >= 4 is 17.3 Å². The third-order valence-corrected chi connectivity index (χ3v) is 3.85. The van der Waals surface area contributed by atoms with Crippen molar-refractivity contribution in [2.24, 2.45) is 0 Å². The van der Waals surface area contributed by atoms with E-state index in [1.807, 2.05) is 6.92 Å². The van der Waals surface area contributed by atoms with Crippen LogP contribution in [0.2, 0.25) is 0 Å². The van der Waals surface area contributed by atoms with Crippen molar-refractivity contribution in [1.82, 2.24) is 4.90 Å². The number of carbonyl (C=O) groups excluding carboxylic acids is 1. The Morgan fingerprint density at radius 2 is 2.00 bits per heavy atom. The molecule has 3 unspecified atom stereocenters. The molecule has 0 spiro atoms. The Morgan fingerprint density at radius 3 is 2.60 bits per heavy atom. The summed E-state index contributed by atoms with van der Waals surface area (Å²) in [7, 11) is 0. The number of anilines is 2. The molecule has 1 amide bonds. The second-order valence-corrected chi connectivity index (χ2v) is 5.27. The smallest absolute Gasteiger partial charge is 0.241 e. The number of β-amino-alcohol motifs (C(OH)–C–C–N with tert-alkyl or cyclic N) is 2. The van der Waals surface area contributed by atoms with Gasteiger partial charge in [-0.1, -0.05) is 6.07 Å². The first-order valence-electron chi connectivity index (χ1n) is 6.66. The van der Waals surface area contributed by atoms with Gasteiger partial charge in [-0.05, 0) is 31.5 Å². The topological polar surface area (TPSA) is 98.8 Å². The first-order chi connectivity index (χ1) is 9.40. The van der Waals surface area contributed by atoms with Crippen LogP contribution in [0.1, 0.15) is 12.5 Å². The van der Waals surface area contributed by atoms with Crippen molar-refractivity contribution in [3.8, 4) is 0 Å². The summed E-state index contributed by atoms with van der Waals surface area (Å²) in [6.45, 7) is 4.19. The maximum absolute atomic E-state index is 12.2. The highest BCUT2D eigenvalue weighted by Crippen LogP contribution is 2.21. The summed E-state index contributed by atoms with van der Waals surface area (Å²) in [5.74, 6) is -0.181. The van der Waals surface area contributed by atoms with Gasteiger partial charge in [0.2, 0.25) is 5.91 Å². The Morgan fingerprint density at radius 1 is 1.40 bits per heavy atom. The van der Waals surface area contributed by atoms with Crippen molar-refractivity contribution in [1.29, 1.82) is 0 Å². The minimum Gasteiger partial charge on any atom is -0.398 e. The van der Waals surface area contributed by atoms with E-state index in [0.717, 1.165) is 5.56 Å². The Bertz CT molecular complexity index is 496. The van der Waals surface area contributed by atoms with Crippen molar-refractivity contribution in [2.75, 3.05) is 24.1 Å². The first kappa shape index (κ1) is 14.8. The van der Waals surface area contributed by atoms with Gasteiger partial charge >= 0.3 is 0 Å². The number of benzene rings is 1. The number of carbonyl (C=O) groups is 1. The first-order valence-corrected chi connectivity index (χ1v) is 6.66. The average Bonchev–Trinajstić information content (AvgIpc) is 2.74. The third kappa shape index (κ3) is 2.92. The number of nitrogens with zero attached hydrogens (tertiary/aromatic N) is 1. The second-order valence-electron chi connectivity index (χ2n) is 5.27. The highest BCUT2D eigenvalue weighted by atomic mass is 16.3. The Labute approximate surface area is 118 Å². The quantitative estimate of drug-likeness (QED) is 0.581. The van der Waals surface area contributed by atoms with Crippen LogP contribution < -0.4 is 11.1 Å². The zero-order valence-corrected chi connectivity index (χ0v) is 11.7. The normalized spacial score (nSPS) is 24.6. The number of hydrogen-bond donors (Lipinski definition) is 4. The number of aliphatic hydroxyl groups is 2. The largest absolute Gasteiger partial charge is 0.398 e. The Hall–Kier alpha value is -1.63. The molecule has 3 atom stereocenters. The SMILES string of the molecule is Cc1c(N)cccc1NC(=O)C(C)N1CC(O)C(O)C1. The van der Waals surface area contributed by atoms with Gasteiger partial charge in [0.1, 0.15) is 0 Å². The van der Waals surface area contributed by atoms with E-state index in [0.29, 0.717) is 24.5 Å². The molecule has 1 heterocycles. The van der Waals surface area contributed by atoms with Crippen LogP contribution in [0.25, 0.3) is 0 Å². The van der Waals surface area contributed by atoms with E-state index in [9.17, 15) is 15.0 Å². The zero-order valence-electron chi connectivity index (χ0n) is 11.7. The minimum absolute atomic E-state index is 0.181. The predicted octanol–water partition coefficient (Wildman–Crippen LogP) is -0.0584. The molecule has 6 heteroatoms. The molecule has 5 N–H and O–H groups in total. The van der Waals surface area contributed by atoms with E-state index in [1.165, 1.54) is 0 Å². The standard InChI is InChI=1S/C14H21N3O3/c1-8-10(15)4-3-5-11(8)16-14(20)9(2)17-6-12(18)13(19)7-17/h3-5,9,12-13,18-19H,6-7,15H2,1-2H3,(H,16,20). The number of aliphatic hydroxyl groups excluding tert-OH is 2. The van der Waals surface area contributed by atoms with Gasteiger partial charge in [0.15, 0.2) is 0 Å². The van der Waals surface area contributed by atoms with Gasteiger partial charge in [-0.15, -0.1) is 0 Å². The number of amides is 1. The second kappa shape index (κ2) is 5.78. The predicted molar refractivity (Wildman–Crippen MR) is 77.3 cm³/mol. The zero-order chi connectivity index (χ0) is 14.9. The fourth-order valence-electron chi connectivity index (χ4n) is 2.31. The van der Waals surface area contributed by atoms with Crippen LogP contribution in [-0.4, -0.2) is 52.4 Å². The maximum atomic E-state index is 12.2. The number of nitrogens with one attached hydrogen (secondary N) is 1. The van der Waals surface area contributed by atoms with Crippen LogP contribution in [0, 0.1) is 6.92 Å². The lowest BCUT2D eigenvalue weighted by atomic mass is 10.1. The molecule has 0 bridgehead atoms. The van der Waals surface area contributed by atoms with E-state index in [1.54, 1.807) is 30.0 Å². The molecule has 110 valence electrons. The highest BCUT2D eigenvalue weighted by Gasteiger charge is 2.34. The van der Waals surface area contributed by atoms with Gasteiger partial charge in [-0.2, -0.15) is 0 Å². The summed E-state index contributed by atoms with van der Waals surface area (Å²) in [4.78, 5) is 14.0. The summed E-state index contributed by atoms with van der Waals surface area (Å²) >= 11 is 0. The Kier molecular flexibility index (Phi) is 4.27. The van der Waals surface area contributed by atoms with Gasteiger partial charge < -0.3 is 21.3 Å². The number of likely N-dealkylation sites (tertiary alicyclic amines) is 1. The molecule has 1 saturated heterocycles. The van der Waals surface area contributed by atoms with E-state index >= 15 is 0 Å². The number of hydrogen-bond acceptors (Lipinski definition) is 5. The molecule has 1 fully saturated rings. The van der Waals surface area contributed by atoms with Crippen molar-refractivity contribution in [2.45, 2.75) is 32.1 Å². The molecule has 1 aromatic rings. The van der Waals surface area contributed by atoms with Crippen molar-refractivity contribution in [3.63, 3.8) is 0 Å². The third-order valence-electron chi connectivity index (χ3n) is 3.85. The molecule has 0 aromatic heterocycles. The van der Waals surface area contributed by atoms with Gasteiger partial charge in [0, 0.05) is 24.5 Å². The van der Waals surface area contributed by atoms with Gasteiger partial charge in [-0.3, -0.25) is 9.69 Å². The number of nitrogens with two attached hydrogens (primary N) is 1. The highest BCUT2D eigenvalue weighted by molar-refractivity contribution is 5.95. The molecule has 0 radical (unpaired) electrons. The van der Waals surface area contributed by atoms with Gasteiger partial charge in [-0.25, -0.2) is 0 Å². The summed E-state index contributed by atoms with van der Waals surface area (Å²) in [5, 5.41) is 21.9. The molecule has 6 nitrogen and oxygen atoms in total. The molecule has 1 aromatic carbocycles. The monoisotopic (exact) mass is 279 g/mol. The average molecular weight is 279 g/mol. The Balaban J connectivity index is 2.03. The van der Waals surface area contributed by atoms with Crippen LogP contribution in [0.15, 0.2) is 18.2 Å². The van der Waals surface area contributed by atoms with Gasteiger partial charge in [0.25, 0.3) is 0 Å². The van der Waals surface area contributed by atoms with E-state index in [-0.39, 0.29) is 5.91 Å². The van der Waals surface area contributed by atoms with E-state index < -0.39 is 18.2 Å². The van der Waals surface area contributed by atoms with E-state index in [4.69, 9.17) is 5.73 Å². The number of nitrogen functional groups attached to an aromatic ring is 1. The lowest BCUT2D eigenvalue weighted by molar-refractivity contribution is -0.120. The van der Waals surface area contributed by atoms with Crippen molar-refractivity contribution < 1.29 is 15.0 Å². The molecular weight excluding hydrogens is 258 g/mol. The fraction of sp³-hybridized carbons (Fsp3) is 0.500. The van der Waals surface area contributed by atoms with Crippen molar-refractivity contribution in [3.05, 3.63) is 23.8 Å². The summed E-state index contributed by atoms with van der Waals surface area (Å²) in [6, 6.07) is 4.93. The minimum atomic E-state index is -0.792.